The van der Waals surface area contributed by atoms with Crippen LogP contribution in [0.5, 0.6) is 0 Å². The molecule has 0 bridgehead atoms. The molecule has 2 heterocycles. The number of anilines is 2. The Morgan fingerprint density at radius 3 is 2.59 bits per heavy atom. The predicted octanol–water partition coefficient (Wildman–Crippen LogP) is 3.05. The first-order valence-electron chi connectivity index (χ1n) is 9.55. The van der Waals surface area contributed by atoms with Crippen molar-refractivity contribution in [1.82, 2.24) is 15.2 Å². The second-order valence-electron chi connectivity index (χ2n) is 6.68. The van der Waals surface area contributed by atoms with Gasteiger partial charge in [0.15, 0.2) is 0 Å². The van der Waals surface area contributed by atoms with Gasteiger partial charge in [-0.3, -0.25) is 9.78 Å². The molecule has 1 aliphatic heterocycles. The van der Waals surface area contributed by atoms with Gasteiger partial charge in [0.2, 0.25) is 0 Å². The highest BCUT2D eigenvalue weighted by Gasteiger charge is 2.25. The molecule has 0 aliphatic carbocycles. The molecule has 3 rings (SSSR count). The fraction of sp³-hybridized carbons (Fsp3) is 0.333. The van der Waals surface area contributed by atoms with Gasteiger partial charge in [-0.05, 0) is 56.2 Å². The number of hydrogen-bond donors (Lipinski definition) is 2. The van der Waals surface area contributed by atoms with Gasteiger partial charge in [-0.2, -0.15) is 5.26 Å². The molecule has 1 aromatic carbocycles. The fourth-order valence-electron chi connectivity index (χ4n) is 3.11. The first-order valence-corrected chi connectivity index (χ1v) is 9.55. The minimum atomic E-state index is -0.305. The maximum absolute atomic E-state index is 12.6. The van der Waals surface area contributed by atoms with Crippen LogP contribution >= 0.6 is 0 Å². The Kier molecular flexibility index (Phi) is 6.63. The van der Waals surface area contributed by atoms with Gasteiger partial charge in [0, 0.05) is 36.7 Å². The number of rotatable bonds is 5. The van der Waals surface area contributed by atoms with Crippen molar-refractivity contribution in [2.24, 2.45) is 0 Å². The zero-order chi connectivity index (χ0) is 20.6. The molecule has 1 fully saturated rings. The SMILES string of the molecule is CCOC(=O)N1CCC(NC(=O)c2cc(Nc3ccc(C#N)cc3)ccn2)CC1. The van der Waals surface area contributed by atoms with Gasteiger partial charge in [0.05, 0.1) is 18.2 Å². The molecule has 8 heteroatoms. The van der Waals surface area contributed by atoms with E-state index in [2.05, 4.69) is 21.7 Å². The summed E-state index contributed by atoms with van der Waals surface area (Å²) in [6.45, 7) is 3.24. The van der Waals surface area contributed by atoms with Crippen LogP contribution in [-0.2, 0) is 4.74 Å². The Bertz CT molecular complexity index is 899. The summed E-state index contributed by atoms with van der Waals surface area (Å²) in [6.07, 6.45) is 2.62. The van der Waals surface area contributed by atoms with Crippen molar-refractivity contribution in [3.05, 3.63) is 53.9 Å². The van der Waals surface area contributed by atoms with Gasteiger partial charge < -0.3 is 20.3 Å². The molecule has 2 amide bonds. The Labute approximate surface area is 169 Å². The third-order valence-electron chi connectivity index (χ3n) is 4.65. The van der Waals surface area contributed by atoms with E-state index in [0.29, 0.717) is 43.8 Å². The van der Waals surface area contributed by atoms with Crippen LogP contribution in [-0.4, -0.2) is 47.6 Å². The lowest BCUT2D eigenvalue weighted by Gasteiger charge is -2.31. The molecule has 1 aromatic heterocycles. The average Bonchev–Trinajstić information content (AvgIpc) is 2.75. The van der Waals surface area contributed by atoms with Crippen molar-refractivity contribution in [2.75, 3.05) is 25.0 Å². The number of piperidine rings is 1. The van der Waals surface area contributed by atoms with Crippen LogP contribution in [0.4, 0.5) is 16.2 Å². The van der Waals surface area contributed by atoms with Crippen LogP contribution in [0.1, 0.15) is 35.8 Å². The van der Waals surface area contributed by atoms with E-state index in [1.807, 2.05) is 0 Å². The number of carbonyl (C=O) groups is 2. The van der Waals surface area contributed by atoms with Crippen LogP contribution in [0.15, 0.2) is 42.6 Å². The molecule has 2 N–H and O–H groups in total. The number of hydrogen-bond acceptors (Lipinski definition) is 6. The standard InChI is InChI=1S/C21H23N5O3/c1-2-29-21(28)26-11-8-17(9-12-26)25-20(27)19-13-18(7-10-23-19)24-16-5-3-15(14-22)4-6-16/h3-7,10,13,17H,2,8-9,11-12H2,1H3,(H,23,24)(H,25,27). The maximum Gasteiger partial charge on any atom is 0.409 e. The number of nitrogens with one attached hydrogen (secondary N) is 2. The molecule has 2 aromatic rings. The van der Waals surface area contributed by atoms with E-state index in [0.717, 1.165) is 11.4 Å². The van der Waals surface area contributed by atoms with Crippen molar-refractivity contribution in [1.29, 1.82) is 5.26 Å². The van der Waals surface area contributed by atoms with Gasteiger partial charge in [-0.15, -0.1) is 0 Å². The van der Waals surface area contributed by atoms with Crippen molar-refractivity contribution in [2.45, 2.75) is 25.8 Å². The maximum atomic E-state index is 12.6. The minimum absolute atomic E-state index is 0.00915. The number of aromatic nitrogens is 1. The van der Waals surface area contributed by atoms with E-state index >= 15 is 0 Å². The molecular weight excluding hydrogens is 370 g/mol. The molecule has 1 aliphatic rings. The van der Waals surface area contributed by atoms with E-state index in [1.54, 1.807) is 54.4 Å². The molecular formula is C21H23N5O3. The average molecular weight is 393 g/mol. The number of benzene rings is 1. The summed E-state index contributed by atoms with van der Waals surface area (Å²) in [7, 11) is 0. The number of amides is 2. The second kappa shape index (κ2) is 9.55. The number of likely N-dealkylation sites (tertiary alicyclic amines) is 1. The van der Waals surface area contributed by atoms with Crippen LogP contribution in [0.25, 0.3) is 0 Å². The molecule has 8 nitrogen and oxygen atoms in total. The zero-order valence-corrected chi connectivity index (χ0v) is 16.2. The summed E-state index contributed by atoms with van der Waals surface area (Å²) in [5, 5.41) is 15.1. The molecule has 0 radical (unpaired) electrons. The Hall–Kier alpha value is -3.60. The number of nitrogens with zero attached hydrogens (tertiary/aromatic N) is 3. The largest absolute Gasteiger partial charge is 0.450 e. The quantitative estimate of drug-likeness (QED) is 0.808. The van der Waals surface area contributed by atoms with Gasteiger partial charge in [-0.1, -0.05) is 0 Å². The fourth-order valence-corrected chi connectivity index (χ4v) is 3.11. The number of pyridine rings is 1. The van der Waals surface area contributed by atoms with Gasteiger partial charge in [0.1, 0.15) is 5.69 Å². The van der Waals surface area contributed by atoms with Gasteiger partial charge >= 0.3 is 6.09 Å². The zero-order valence-electron chi connectivity index (χ0n) is 16.2. The Morgan fingerprint density at radius 1 is 1.21 bits per heavy atom. The highest BCUT2D eigenvalue weighted by molar-refractivity contribution is 5.93. The second-order valence-corrected chi connectivity index (χ2v) is 6.68. The van der Waals surface area contributed by atoms with E-state index in [1.165, 1.54) is 0 Å². The number of carbonyl (C=O) groups excluding carboxylic acids is 2. The lowest BCUT2D eigenvalue weighted by molar-refractivity contribution is 0.0856. The Balaban J connectivity index is 1.55. The smallest absolute Gasteiger partial charge is 0.409 e. The summed E-state index contributed by atoms with van der Waals surface area (Å²) in [5.41, 5.74) is 2.44. The third kappa shape index (κ3) is 5.45. The van der Waals surface area contributed by atoms with Crippen LogP contribution in [0.2, 0.25) is 0 Å². The van der Waals surface area contributed by atoms with E-state index < -0.39 is 0 Å². The van der Waals surface area contributed by atoms with E-state index in [9.17, 15) is 9.59 Å². The van der Waals surface area contributed by atoms with E-state index in [-0.39, 0.29) is 18.0 Å². The topological polar surface area (TPSA) is 107 Å². The summed E-state index contributed by atoms with van der Waals surface area (Å²) in [5.74, 6) is -0.247. The van der Waals surface area contributed by atoms with E-state index in [4.69, 9.17) is 10.00 Å². The molecule has 0 atom stereocenters. The van der Waals surface area contributed by atoms with Crippen molar-refractivity contribution in [3.8, 4) is 6.07 Å². The monoisotopic (exact) mass is 393 g/mol. The van der Waals surface area contributed by atoms with Crippen LogP contribution in [0.3, 0.4) is 0 Å². The molecule has 0 unspecified atom stereocenters. The Morgan fingerprint density at radius 2 is 1.93 bits per heavy atom. The summed E-state index contributed by atoms with van der Waals surface area (Å²) >= 11 is 0. The molecule has 29 heavy (non-hydrogen) atoms. The van der Waals surface area contributed by atoms with Crippen molar-refractivity contribution >= 4 is 23.4 Å². The highest BCUT2D eigenvalue weighted by Crippen LogP contribution is 2.18. The molecule has 1 saturated heterocycles. The number of ether oxygens (including phenoxy) is 1. The normalized spacial score (nSPS) is 14.0. The first kappa shape index (κ1) is 20.1. The summed E-state index contributed by atoms with van der Waals surface area (Å²) in [4.78, 5) is 30.2. The molecule has 0 saturated carbocycles. The lowest BCUT2D eigenvalue weighted by atomic mass is 10.1. The summed E-state index contributed by atoms with van der Waals surface area (Å²) < 4.78 is 5.01. The van der Waals surface area contributed by atoms with Crippen LogP contribution in [0, 0.1) is 11.3 Å². The van der Waals surface area contributed by atoms with Gasteiger partial charge in [0.25, 0.3) is 5.91 Å². The summed E-state index contributed by atoms with van der Waals surface area (Å²) in [6, 6.07) is 12.6. The van der Waals surface area contributed by atoms with Crippen molar-refractivity contribution < 1.29 is 14.3 Å². The highest BCUT2D eigenvalue weighted by atomic mass is 16.6. The first-order chi connectivity index (χ1) is 14.1. The number of nitriles is 1. The lowest BCUT2D eigenvalue weighted by Crippen LogP contribution is -2.46. The van der Waals surface area contributed by atoms with Gasteiger partial charge in [-0.25, -0.2) is 4.79 Å². The van der Waals surface area contributed by atoms with Crippen LogP contribution < -0.4 is 10.6 Å². The minimum Gasteiger partial charge on any atom is -0.450 e. The van der Waals surface area contributed by atoms with Crippen molar-refractivity contribution in [3.63, 3.8) is 0 Å². The third-order valence-corrected chi connectivity index (χ3v) is 4.65. The molecule has 150 valence electrons. The molecule has 0 spiro atoms. The predicted molar refractivity (Wildman–Crippen MR) is 108 cm³/mol.